The number of ether oxygens (including phenoxy) is 1. The number of hydrogen-bond acceptors (Lipinski definition) is 4. The lowest BCUT2D eigenvalue weighted by Crippen LogP contribution is -2.40. The topological polar surface area (TPSA) is 79.7 Å². The third kappa shape index (κ3) is 3.91. The molecule has 1 fully saturated rings. The molecule has 1 aliphatic heterocycles. The number of aliphatic carboxylic acids is 1. The zero-order valence-corrected chi connectivity index (χ0v) is 12.2. The Morgan fingerprint density at radius 1 is 1.43 bits per heavy atom. The van der Waals surface area contributed by atoms with Crippen molar-refractivity contribution in [2.75, 3.05) is 13.1 Å². The Kier molecular flexibility index (Phi) is 4.76. The third-order valence-electron chi connectivity index (χ3n) is 3.66. The second-order valence-corrected chi connectivity index (χ2v) is 5.28. The minimum Gasteiger partial charge on any atom is -0.481 e. The molecule has 9 heteroatoms. The van der Waals surface area contributed by atoms with Gasteiger partial charge in [0.25, 0.3) is 5.91 Å². The first-order chi connectivity index (χ1) is 10.7. The van der Waals surface area contributed by atoms with Crippen LogP contribution >= 0.6 is 0 Å². The molecule has 2 heterocycles. The minimum absolute atomic E-state index is 0.301. The first kappa shape index (κ1) is 17.0. The standard InChI is InChI=1S/C14H15F3N2O4/c1-8(23-9-3-2-4-18-5-9)12(20)19-6-10(13(21)22)11(7-19)14(15,16)17/h2-5,8,10-11H,6-7H2,1H3,(H,21,22)/t8?,10-,11-/m1/s1. The van der Waals surface area contributed by atoms with Gasteiger partial charge in [-0.1, -0.05) is 0 Å². The molecule has 126 valence electrons. The zero-order chi connectivity index (χ0) is 17.2. The van der Waals surface area contributed by atoms with E-state index >= 15 is 0 Å². The van der Waals surface area contributed by atoms with E-state index in [0.29, 0.717) is 5.75 Å². The molecular weight excluding hydrogens is 317 g/mol. The predicted octanol–water partition coefficient (Wildman–Crippen LogP) is 1.57. The molecular formula is C14H15F3N2O4. The number of halogens is 3. The largest absolute Gasteiger partial charge is 0.481 e. The molecule has 0 aliphatic carbocycles. The molecule has 0 saturated carbocycles. The molecule has 6 nitrogen and oxygen atoms in total. The zero-order valence-electron chi connectivity index (χ0n) is 12.2. The summed E-state index contributed by atoms with van der Waals surface area (Å²) < 4.78 is 44.1. The average molecular weight is 332 g/mol. The van der Waals surface area contributed by atoms with Gasteiger partial charge >= 0.3 is 12.1 Å². The van der Waals surface area contributed by atoms with Crippen molar-refractivity contribution in [3.05, 3.63) is 24.5 Å². The van der Waals surface area contributed by atoms with E-state index < -0.39 is 49.1 Å². The van der Waals surface area contributed by atoms with Gasteiger partial charge in [-0.25, -0.2) is 0 Å². The van der Waals surface area contributed by atoms with E-state index in [1.807, 2.05) is 0 Å². The van der Waals surface area contributed by atoms with E-state index in [0.717, 1.165) is 4.90 Å². The van der Waals surface area contributed by atoms with Crippen LogP contribution in [0.4, 0.5) is 13.2 Å². The summed E-state index contributed by atoms with van der Waals surface area (Å²) in [6, 6.07) is 3.14. The Labute approximate surface area is 129 Å². The van der Waals surface area contributed by atoms with Crippen LogP contribution in [0.5, 0.6) is 5.75 Å². The molecule has 1 aromatic rings. The number of rotatable bonds is 4. The van der Waals surface area contributed by atoms with Crippen LogP contribution in [-0.4, -0.2) is 52.2 Å². The van der Waals surface area contributed by atoms with Gasteiger partial charge in [0.15, 0.2) is 6.10 Å². The van der Waals surface area contributed by atoms with Gasteiger partial charge in [-0.15, -0.1) is 0 Å². The number of nitrogens with zero attached hydrogens (tertiary/aromatic N) is 2. The number of amides is 1. The first-order valence-corrected chi connectivity index (χ1v) is 6.85. The van der Waals surface area contributed by atoms with Gasteiger partial charge in [0, 0.05) is 19.3 Å². The number of carbonyl (C=O) groups is 2. The third-order valence-corrected chi connectivity index (χ3v) is 3.66. The molecule has 0 bridgehead atoms. The lowest BCUT2D eigenvalue weighted by atomic mass is 9.96. The fraction of sp³-hybridized carbons (Fsp3) is 0.500. The molecule has 3 atom stereocenters. The highest BCUT2D eigenvalue weighted by atomic mass is 19.4. The Hall–Kier alpha value is -2.32. The highest BCUT2D eigenvalue weighted by Crippen LogP contribution is 2.38. The van der Waals surface area contributed by atoms with Crippen molar-refractivity contribution in [1.82, 2.24) is 9.88 Å². The van der Waals surface area contributed by atoms with Gasteiger partial charge in [0.2, 0.25) is 0 Å². The Morgan fingerprint density at radius 3 is 2.61 bits per heavy atom. The van der Waals surface area contributed by atoms with Crippen molar-refractivity contribution >= 4 is 11.9 Å². The summed E-state index contributed by atoms with van der Waals surface area (Å²) >= 11 is 0. The van der Waals surface area contributed by atoms with Crippen molar-refractivity contribution < 1.29 is 32.6 Å². The van der Waals surface area contributed by atoms with Crippen molar-refractivity contribution in [2.24, 2.45) is 11.8 Å². The van der Waals surface area contributed by atoms with Crippen LogP contribution < -0.4 is 4.74 Å². The Morgan fingerprint density at radius 2 is 2.13 bits per heavy atom. The summed E-state index contributed by atoms with van der Waals surface area (Å²) in [4.78, 5) is 27.9. The average Bonchev–Trinajstić information content (AvgIpc) is 2.93. The molecule has 1 N–H and O–H groups in total. The number of hydrogen-bond donors (Lipinski definition) is 1. The Balaban J connectivity index is 2.06. The van der Waals surface area contributed by atoms with Crippen LogP contribution in [0.15, 0.2) is 24.5 Å². The second kappa shape index (κ2) is 6.43. The maximum Gasteiger partial charge on any atom is 0.394 e. The lowest BCUT2D eigenvalue weighted by Gasteiger charge is -2.22. The highest BCUT2D eigenvalue weighted by Gasteiger charge is 2.53. The van der Waals surface area contributed by atoms with E-state index in [1.165, 1.54) is 19.3 Å². The van der Waals surface area contributed by atoms with Gasteiger partial charge < -0.3 is 14.7 Å². The number of likely N-dealkylation sites (tertiary alicyclic amines) is 1. The van der Waals surface area contributed by atoms with E-state index in [4.69, 9.17) is 9.84 Å². The summed E-state index contributed by atoms with van der Waals surface area (Å²) in [6.07, 6.45) is -2.84. The monoisotopic (exact) mass is 332 g/mol. The number of aromatic nitrogens is 1. The molecule has 2 rings (SSSR count). The second-order valence-electron chi connectivity index (χ2n) is 5.28. The van der Waals surface area contributed by atoms with E-state index in [1.54, 1.807) is 12.1 Å². The quantitative estimate of drug-likeness (QED) is 0.905. The molecule has 1 aromatic heterocycles. The van der Waals surface area contributed by atoms with Gasteiger partial charge in [-0.3, -0.25) is 14.6 Å². The molecule has 0 radical (unpaired) electrons. The van der Waals surface area contributed by atoms with Crippen LogP contribution in [0.3, 0.4) is 0 Å². The number of carbonyl (C=O) groups excluding carboxylic acids is 1. The van der Waals surface area contributed by atoms with E-state index in [2.05, 4.69) is 4.98 Å². The van der Waals surface area contributed by atoms with Gasteiger partial charge in [0.05, 0.1) is 18.0 Å². The van der Waals surface area contributed by atoms with E-state index in [-0.39, 0.29) is 0 Å². The Bertz CT molecular complexity index is 579. The van der Waals surface area contributed by atoms with Gasteiger partial charge in [-0.05, 0) is 19.1 Å². The molecule has 1 unspecified atom stereocenters. The number of pyridine rings is 1. The maximum atomic E-state index is 12.9. The fourth-order valence-electron chi connectivity index (χ4n) is 2.49. The van der Waals surface area contributed by atoms with Crippen molar-refractivity contribution in [3.8, 4) is 5.75 Å². The van der Waals surface area contributed by atoms with Gasteiger partial charge in [-0.2, -0.15) is 13.2 Å². The smallest absolute Gasteiger partial charge is 0.394 e. The molecule has 0 aromatic carbocycles. The molecule has 23 heavy (non-hydrogen) atoms. The van der Waals surface area contributed by atoms with Crippen LogP contribution in [0.2, 0.25) is 0 Å². The van der Waals surface area contributed by atoms with Crippen LogP contribution in [0.25, 0.3) is 0 Å². The fourth-order valence-corrected chi connectivity index (χ4v) is 2.49. The summed E-state index contributed by atoms with van der Waals surface area (Å²) in [6.45, 7) is 0.227. The van der Waals surface area contributed by atoms with Crippen molar-refractivity contribution in [3.63, 3.8) is 0 Å². The SMILES string of the molecule is CC(Oc1cccnc1)C(=O)N1C[C@@H](C(F)(F)F)[C@H](C(=O)O)C1. The summed E-state index contributed by atoms with van der Waals surface area (Å²) in [5.74, 6) is -5.69. The molecule has 1 saturated heterocycles. The lowest BCUT2D eigenvalue weighted by molar-refractivity contribution is -0.188. The summed E-state index contributed by atoms with van der Waals surface area (Å²) in [5, 5.41) is 8.94. The summed E-state index contributed by atoms with van der Waals surface area (Å²) in [7, 11) is 0. The minimum atomic E-state index is -4.68. The molecule has 1 aliphatic rings. The number of carboxylic acids is 1. The van der Waals surface area contributed by atoms with Crippen molar-refractivity contribution in [2.45, 2.75) is 19.2 Å². The normalized spacial score (nSPS) is 22.7. The predicted molar refractivity (Wildman–Crippen MR) is 71.6 cm³/mol. The summed E-state index contributed by atoms with van der Waals surface area (Å²) in [5.41, 5.74) is 0. The van der Waals surface area contributed by atoms with Crippen LogP contribution in [0, 0.1) is 11.8 Å². The van der Waals surface area contributed by atoms with Crippen LogP contribution in [-0.2, 0) is 9.59 Å². The van der Waals surface area contributed by atoms with Crippen molar-refractivity contribution in [1.29, 1.82) is 0 Å². The molecule has 0 spiro atoms. The first-order valence-electron chi connectivity index (χ1n) is 6.85. The number of alkyl halides is 3. The van der Waals surface area contributed by atoms with E-state index in [9.17, 15) is 22.8 Å². The maximum absolute atomic E-state index is 12.9. The number of carboxylic acid groups (broad SMARTS) is 1. The van der Waals surface area contributed by atoms with Gasteiger partial charge in [0.1, 0.15) is 5.75 Å². The highest BCUT2D eigenvalue weighted by molar-refractivity contribution is 5.82. The molecule has 1 amide bonds. The van der Waals surface area contributed by atoms with Crippen LogP contribution in [0.1, 0.15) is 6.92 Å².